The quantitative estimate of drug-likeness (QED) is 0.635. The number of hydrogen-bond acceptors (Lipinski definition) is 3. The van der Waals surface area contributed by atoms with Gasteiger partial charge in [0, 0.05) is 44.0 Å². The van der Waals surface area contributed by atoms with Crippen LogP contribution in [0.2, 0.25) is 0 Å². The molecule has 0 aromatic heterocycles. The molecule has 0 spiro atoms. The van der Waals surface area contributed by atoms with Gasteiger partial charge in [0.15, 0.2) is 5.96 Å². The Morgan fingerprint density at radius 2 is 2.08 bits per heavy atom. The monoisotopic (exact) mass is 347 g/mol. The first-order valence-electron chi connectivity index (χ1n) is 8.91. The first-order valence-corrected chi connectivity index (χ1v) is 10.1. The molecule has 132 valence electrons. The Balaban J connectivity index is 1.51. The summed E-state index contributed by atoms with van der Waals surface area (Å²) >= 11 is 1.95. The van der Waals surface area contributed by atoms with Crippen molar-refractivity contribution in [3.05, 3.63) is 35.4 Å². The second kappa shape index (κ2) is 8.26. The number of nitrogens with zero attached hydrogens (tertiary/aromatic N) is 1. The van der Waals surface area contributed by atoms with Gasteiger partial charge in [-0.25, -0.2) is 0 Å². The van der Waals surface area contributed by atoms with Gasteiger partial charge >= 0.3 is 0 Å². The Labute approximate surface area is 149 Å². The van der Waals surface area contributed by atoms with Crippen LogP contribution in [0.15, 0.2) is 29.3 Å². The third-order valence-corrected chi connectivity index (χ3v) is 6.83. The van der Waals surface area contributed by atoms with Gasteiger partial charge in [-0.2, -0.15) is 11.8 Å². The van der Waals surface area contributed by atoms with Crippen LogP contribution in [0.4, 0.5) is 0 Å². The van der Waals surface area contributed by atoms with E-state index in [9.17, 15) is 0 Å². The average Bonchev–Trinajstić information content (AvgIpc) is 3.06. The summed E-state index contributed by atoms with van der Waals surface area (Å²) < 4.78 is 5.79. The van der Waals surface area contributed by atoms with Gasteiger partial charge in [0.25, 0.3) is 0 Å². The van der Waals surface area contributed by atoms with E-state index in [4.69, 9.17) is 4.74 Å². The maximum atomic E-state index is 5.52. The van der Waals surface area contributed by atoms with Crippen LogP contribution >= 0.6 is 11.8 Å². The van der Waals surface area contributed by atoms with Crippen molar-refractivity contribution >= 4 is 17.7 Å². The number of fused-ring (bicyclic) bond motifs is 1. The summed E-state index contributed by atoms with van der Waals surface area (Å²) in [5.41, 5.74) is 3.02. The summed E-state index contributed by atoms with van der Waals surface area (Å²) in [6.45, 7) is 3.63. The summed E-state index contributed by atoms with van der Waals surface area (Å²) in [7, 11) is 1.85. The Morgan fingerprint density at radius 3 is 2.83 bits per heavy atom. The van der Waals surface area contributed by atoms with Crippen LogP contribution in [-0.2, 0) is 11.2 Å². The van der Waals surface area contributed by atoms with Gasteiger partial charge in [0.05, 0.1) is 0 Å². The molecule has 2 N–H and O–H groups in total. The second-order valence-corrected chi connectivity index (χ2v) is 8.01. The molecule has 1 heterocycles. The number of thioether (sulfide) groups is 1. The Morgan fingerprint density at radius 1 is 1.29 bits per heavy atom. The van der Waals surface area contributed by atoms with Gasteiger partial charge < -0.3 is 15.4 Å². The zero-order valence-corrected chi connectivity index (χ0v) is 15.6. The van der Waals surface area contributed by atoms with Crippen molar-refractivity contribution in [3.63, 3.8) is 0 Å². The maximum Gasteiger partial charge on any atom is 0.191 e. The molecule has 1 atom stereocenters. The van der Waals surface area contributed by atoms with E-state index in [1.807, 2.05) is 18.8 Å². The molecular formula is C19H29N3OS. The lowest BCUT2D eigenvalue weighted by atomic mass is 9.99. The summed E-state index contributed by atoms with van der Waals surface area (Å²) in [5.74, 6) is 1.51. The molecule has 1 aromatic carbocycles. The maximum absolute atomic E-state index is 5.52. The topological polar surface area (TPSA) is 45.7 Å². The largest absolute Gasteiger partial charge is 0.381 e. The van der Waals surface area contributed by atoms with E-state index in [1.54, 1.807) is 0 Å². The van der Waals surface area contributed by atoms with Crippen LogP contribution in [0.25, 0.3) is 0 Å². The van der Waals surface area contributed by atoms with Crippen molar-refractivity contribution in [3.8, 4) is 0 Å². The minimum Gasteiger partial charge on any atom is -0.381 e. The number of rotatable bonds is 5. The number of benzene rings is 1. The molecule has 1 fully saturated rings. The Kier molecular flexibility index (Phi) is 6.06. The van der Waals surface area contributed by atoms with Gasteiger partial charge in [0.1, 0.15) is 0 Å². The van der Waals surface area contributed by atoms with Gasteiger partial charge in [-0.15, -0.1) is 0 Å². The highest BCUT2D eigenvalue weighted by atomic mass is 32.2. The lowest BCUT2D eigenvalue weighted by molar-refractivity contribution is 0.0783. The molecule has 1 aliphatic heterocycles. The van der Waals surface area contributed by atoms with Crippen molar-refractivity contribution in [2.75, 3.05) is 39.6 Å². The number of aliphatic imine (C=N–C) groups is 1. The predicted molar refractivity (Wildman–Crippen MR) is 103 cm³/mol. The minimum absolute atomic E-state index is 0.274. The molecule has 1 saturated heterocycles. The molecule has 1 unspecified atom stereocenters. The van der Waals surface area contributed by atoms with Gasteiger partial charge in [-0.05, 0) is 43.1 Å². The van der Waals surface area contributed by atoms with E-state index in [-0.39, 0.29) is 4.75 Å². The van der Waals surface area contributed by atoms with Crippen LogP contribution < -0.4 is 10.6 Å². The van der Waals surface area contributed by atoms with Crippen molar-refractivity contribution in [2.45, 2.75) is 36.3 Å². The minimum atomic E-state index is 0.274. The third kappa shape index (κ3) is 4.06. The average molecular weight is 348 g/mol. The summed E-state index contributed by atoms with van der Waals surface area (Å²) in [6, 6.07) is 8.83. The molecule has 0 amide bonds. The standard InChI is InChI=1S/C19H29N3OS/c1-20-18(22-14-19(24-2)9-11-23-12-10-19)21-13-16-8-7-15-5-3-4-6-17(15)16/h3-6,16H,7-14H2,1-2H3,(H2,20,21,22). The van der Waals surface area contributed by atoms with Crippen LogP contribution in [0.5, 0.6) is 0 Å². The highest BCUT2D eigenvalue weighted by Crippen LogP contribution is 2.33. The molecule has 1 aromatic rings. The number of ether oxygens (including phenoxy) is 1. The number of guanidine groups is 1. The molecule has 3 rings (SSSR count). The molecule has 0 bridgehead atoms. The SMILES string of the molecule is CN=C(NCC1CCc2ccccc21)NCC1(SC)CCOCC1. The summed E-state index contributed by atoms with van der Waals surface area (Å²) in [4.78, 5) is 4.41. The van der Waals surface area contributed by atoms with Crippen LogP contribution in [0.3, 0.4) is 0 Å². The van der Waals surface area contributed by atoms with Crippen LogP contribution in [-0.4, -0.2) is 50.3 Å². The van der Waals surface area contributed by atoms with Gasteiger partial charge in [-0.3, -0.25) is 4.99 Å². The summed E-state index contributed by atoms with van der Waals surface area (Å²) in [5, 5.41) is 7.07. The molecule has 1 aliphatic carbocycles. The zero-order chi connectivity index (χ0) is 16.8. The lowest BCUT2D eigenvalue weighted by Gasteiger charge is -2.36. The van der Waals surface area contributed by atoms with E-state index in [0.717, 1.165) is 45.1 Å². The molecule has 5 heteroatoms. The van der Waals surface area contributed by atoms with Gasteiger partial charge in [-0.1, -0.05) is 24.3 Å². The van der Waals surface area contributed by atoms with E-state index < -0.39 is 0 Å². The molecule has 0 radical (unpaired) electrons. The van der Waals surface area contributed by atoms with Crippen LogP contribution in [0.1, 0.15) is 36.3 Å². The first kappa shape index (κ1) is 17.6. The molecule has 0 saturated carbocycles. The second-order valence-electron chi connectivity index (χ2n) is 6.74. The van der Waals surface area contributed by atoms with Crippen molar-refractivity contribution in [2.24, 2.45) is 4.99 Å². The zero-order valence-electron chi connectivity index (χ0n) is 14.8. The normalized spacial score (nSPS) is 22.9. The Hall–Kier alpha value is -1.20. The van der Waals surface area contributed by atoms with Crippen molar-refractivity contribution in [1.82, 2.24) is 10.6 Å². The van der Waals surface area contributed by atoms with Crippen molar-refractivity contribution < 1.29 is 4.74 Å². The fraction of sp³-hybridized carbons (Fsp3) is 0.632. The molecule has 2 aliphatic rings. The molecule has 24 heavy (non-hydrogen) atoms. The molecule has 4 nitrogen and oxygen atoms in total. The molecular weight excluding hydrogens is 318 g/mol. The number of nitrogens with one attached hydrogen (secondary N) is 2. The van der Waals surface area contributed by atoms with E-state index >= 15 is 0 Å². The number of hydrogen-bond donors (Lipinski definition) is 2. The van der Waals surface area contributed by atoms with E-state index in [1.165, 1.54) is 24.0 Å². The van der Waals surface area contributed by atoms with Gasteiger partial charge in [0.2, 0.25) is 0 Å². The number of aryl methyl sites for hydroxylation is 1. The highest BCUT2D eigenvalue weighted by Gasteiger charge is 2.32. The first-order chi connectivity index (χ1) is 11.8. The lowest BCUT2D eigenvalue weighted by Crippen LogP contribution is -2.48. The van der Waals surface area contributed by atoms with Crippen LogP contribution in [0, 0.1) is 0 Å². The van der Waals surface area contributed by atoms with E-state index in [2.05, 4.69) is 46.1 Å². The van der Waals surface area contributed by atoms with E-state index in [0.29, 0.717) is 5.92 Å². The smallest absolute Gasteiger partial charge is 0.191 e. The fourth-order valence-electron chi connectivity index (χ4n) is 3.74. The van der Waals surface area contributed by atoms with Crippen molar-refractivity contribution in [1.29, 1.82) is 0 Å². The third-order valence-electron chi connectivity index (χ3n) is 5.41. The predicted octanol–water partition coefficient (Wildman–Crippen LogP) is 2.79. The Bertz CT molecular complexity index is 569. The fourth-order valence-corrected chi connectivity index (χ4v) is 4.53. The highest BCUT2D eigenvalue weighted by molar-refractivity contribution is 8.00. The summed E-state index contributed by atoms with van der Waals surface area (Å²) in [6.07, 6.45) is 6.85.